The first-order valence-electron chi connectivity index (χ1n) is 6.74. The molecule has 0 saturated carbocycles. The third-order valence-corrected chi connectivity index (χ3v) is 4.89. The lowest BCUT2D eigenvalue weighted by Gasteiger charge is -2.08. The third-order valence-electron chi connectivity index (χ3n) is 3.51. The first-order chi connectivity index (χ1) is 11.0. The molecule has 0 aliphatic heterocycles. The topological polar surface area (TPSA) is 108 Å². The molecule has 2 heterocycles. The van der Waals surface area contributed by atoms with Gasteiger partial charge in [-0.1, -0.05) is 6.07 Å². The maximum absolute atomic E-state index is 12.5. The van der Waals surface area contributed by atoms with Crippen molar-refractivity contribution < 1.29 is 12.8 Å². The number of hydrogen-bond donors (Lipinski definition) is 3. The van der Waals surface area contributed by atoms with Crippen molar-refractivity contribution in [3.05, 3.63) is 59.2 Å². The van der Waals surface area contributed by atoms with Crippen LogP contribution < -0.4 is 10.5 Å². The van der Waals surface area contributed by atoms with Gasteiger partial charge in [0.25, 0.3) is 10.0 Å². The number of oxazole rings is 1. The van der Waals surface area contributed by atoms with Gasteiger partial charge in [-0.2, -0.15) is 0 Å². The molecule has 0 spiro atoms. The van der Waals surface area contributed by atoms with Crippen LogP contribution in [0.1, 0.15) is 0 Å². The number of benzene rings is 2. The fourth-order valence-electron chi connectivity index (χ4n) is 2.42. The monoisotopic (exact) mass is 329 g/mol. The number of hydrogen-bond acceptors (Lipinski definition) is 4. The van der Waals surface area contributed by atoms with Crippen LogP contribution in [-0.2, 0) is 10.0 Å². The second-order valence-corrected chi connectivity index (χ2v) is 6.74. The number of aromatic nitrogens is 2. The number of sulfonamides is 1. The van der Waals surface area contributed by atoms with Crippen LogP contribution in [0.25, 0.3) is 22.0 Å². The first-order valence-corrected chi connectivity index (χ1v) is 8.22. The van der Waals surface area contributed by atoms with Crippen LogP contribution in [0.3, 0.4) is 0 Å². The van der Waals surface area contributed by atoms with Gasteiger partial charge in [0.05, 0.1) is 16.1 Å². The molecule has 0 atom stereocenters. The standard InChI is InChI=1S/C15H11N3O4S/c19-15-17-12-4-3-11(8-14(12)22-15)23(20,21)18-10-2-1-9-5-6-16-13(9)7-10/h1-8,16,18H,(H,17,19). The van der Waals surface area contributed by atoms with E-state index in [2.05, 4.69) is 14.7 Å². The highest BCUT2D eigenvalue weighted by molar-refractivity contribution is 7.92. The minimum absolute atomic E-state index is 0.0133. The number of H-pyrrole nitrogens is 2. The molecular weight excluding hydrogens is 318 g/mol. The molecule has 7 nitrogen and oxygen atoms in total. The normalized spacial score (nSPS) is 12.0. The Morgan fingerprint density at radius 2 is 1.87 bits per heavy atom. The fraction of sp³-hybridized carbons (Fsp3) is 0. The zero-order chi connectivity index (χ0) is 16.0. The van der Waals surface area contributed by atoms with Crippen molar-refractivity contribution >= 4 is 37.7 Å². The molecule has 0 radical (unpaired) electrons. The van der Waals surface area contributed by atoms with Gasteiger partial charge < -0.3 is 9.40 Å². The van der Waals surface area contributed by atoms with Crippen molar-refractivity contribution in [3.8, 4) is 0 Å². The number of nitrogens with one attached hydrogen (secondary N) is 3. The summed E-state index contributed by atoms with van der Waals surface area (Å²) in [6.07, 6.45) is 1.78. The van der Waals surface area contributed by atoms with Crippen LogP contribution >= 0.6 is 0 Å². The Bertz CT molecular complexity index is 1180. The lowest BCUT2D eigenvalue weighted by molar-refractivity contribution is 0.554. The van der Waals surface area contributed by atoms with Crippen LogP contribution in [0.15, 0.2) is 62.8 Å². The van der Waals surface area contributed by atoms with Gasteiger partial charge >= 0.3 is 5.76 Å². The summed E-state index contributed by atoms with van der Waals surface area (Å²) >= 11 is 0. The second-order valence-electron chi connectivity index (χ2n) is 5.06. The molecule has 0 fully saturated rings. The van der Waals surface area contributed by atoms with E-state index in [-0.39, 0.29) is 10.5 Å². The molecule has 3 N–H and O–H groups in total. The van der Waals surface area contributed by atoms with E-state index >= 15 is 0 Å². The molecule has 0 bridgehead atoms. The van der Waals surface area contributed by atoms with E-state index in [1.807, 2.05) is 12.1 Å². The summed E-state index contributed by atoms with van der Waals surface area (Å²) in [6.45, 7) is 0. The minimum Gasteiger partial charge on any atom is -0.408 e. The maximum Gasteiger partial charge on any atom is 0.417 e. The quantitative estimate of drug-likeness (QED) is 0.536. The van der Waals surface area contributed by atoms with Gasteiger partial charge in [0.15, 0.2) is 5.58 Å². The van der Waals surface area contributed by atoms with Crippen molar-refractivity contribution in [1.82, 2.24) is 9.97 Å². The van der Waals surface area contributed by atoms with Crippen LogP contribution in [-0.4, -0.2) is 18.4 Å². The first kappa shape index (κ1) is 13.6. The van der Waals surface area contributed by atoms with Gasteiger partial charge in [-0.25, -0.2) is 13.2 Å². The number of rotatable bonds is 3. The van der Waals surface area contributed by atoms with Crippen molar-refractivity contribution in [1.29, 1.82) is 0 Å². The zero-order valence-electron chi connectivity index (χ0n) is 11.7. The van der Waals surface area contributed by atoms with Gasteiger partial charge in [-0.15, -0.1) is 0 Å². The molecule has 8 heteroatoms. The zero-order valence-corrected chi connectivity index (χ0v) is 12.5. The second kappa shape index (κ2) is 4.75. The van der Waals surface area contributed by atoms with E-state index in [0.717, 1.165) is 10.9 Å². The molecule has 23 heavy (non-hydrogen) atoms. The highest BCUT2D eigenvalue weighted by atomic mass is 32.2. The van der Waals surface area contributed by atoms with Crippen molar-refractivity contribution in [2.45, 2.75) is 4.90 Å². The number of aromatic amines is 2. The molecule has 4 rings (SSSR count). The van der Waals surface area contributed by atoms with Gasteiger partial charge in [0.1, 0.15) is 0 Å². The summed E-state index contributed by atoms with van der Waals surface area (Å²) in [7, 11) is -3.79. The predicted molar refractivity (Wildman–Crippen MR) is 85.9 cm³/mol. The van der Waals surface area contributed by atoms with Crippen LogP contribution in [0, 0.1) is 0 Å². The Morgan fingerprint density at radius 1 is 1.00 bits per heavy atom. The molecule has 2 aromatic heterocycles. The lowest BCUT2D eigenvalue weighted by atomic mass is 10.2. The summed E-state index contributed by atoms with van der Waals surface area (Å²) < 4.78 is 32.4. The summed E-state index contributed by atoms with van der Waals surface area (Å²) in [6, 6.07) is 11.3. The largest absolute Gasteiger partial charge is 0.417 e. The average Bonchev–Trinajstić information content (AvgIpc) is 3.10. The average molecular weight is 329 g/mol. The SMILES string of the molecule is O=c1[nH]c2ccc(S(=O)(=O)Nc3ccc4cc[nH]c4c3)cc2o1. The van der Waals surface area contributed by atoms with E-state index in [1.54, 1.807) is 18.3 Å². The molecule has 0 saturated heterocycles. The van der Waals surface area contributed by atoms with Gasteiger partial charge in [-0.05, 0) is 35.7 Å². The number of fused-ring (bicyclic) bond motifs is 2. The molecular formula is C15H11N3O4S. The molecule has 0 aliphatic carbocycles. The van der Waals surface area contributed by atoms with E-state index in [1.165, 1.54) is 18.2 Å². The van der Waals surface area contributed by atoms with Crippen LogP contribution in [0.4, 0.5) is 5.69 Å². The highest BCUT2D eigenvalue weighted by Gasteiger charge is 2.16. The van der Waals surface area contributed by atoms with Crippen molar-refractivity contribution in [2.75, 3.05) is 4.72 Å². The lowest BCUT2D eigenvalue weighted by Crippen LogP contribution is -2.12. The van der Waals surface area contributed by atoms with Gasteiger partial charge in [0, 0.05) is 17.8 Å². The van der Waals surface area contributed by atoms with Gasteiger partial charge in [0.2, 0.25) is 0 Å². The summed E-state index contributed by atoms with van der Waals surface area (Å²) in [4.78, 5) is 16.6. The molecule has 2 aromatic carbocycles. The minimum atomic E-state index is -3.79. The molecule has 0 amide bonds. The third kappa shape index (κ3) is 2.38. The van der Waals surface area contributed by atoms with Crippen molar-refractivity contribution in [2.24, 2.45) is 0 Å². The Kier molecular flexibility index (Phi) is 2.82. The Balaban J connectivity index is 1.74. The fourth-order valence-corrected chi connectivity index (χ4v) is 3.48. The van der Waals surface area contributed by atoms with Crippen LogP contribution in [0.2, 0.25) is 0 Å². The molecule has 116 valence electrons. The molecule has 0 unspecified atom stereocenters. The van der Waals surface area contributed by atoms with E-state index < -0.39 is 15.8 Å². The smallest absolute Gasteiger partial charge is 0.408 e. The maximum atomic E-state index is 12.5. The van der Waals surface area contributed by atoms with E-state index in [9.17, 15) is 13.2 Å². The Hall–Kier alpha value is -3.00. The highest BCUT2D eigenvalue weighted by Crippen LogP contribution is 2.22. The Morgan fingerprint density at radius 3 is 2.74 bits per heavy atom. The predicted octanol–water partition coefficient (Wildman–Crippen LogP) is 2.40. The van der Waals surface area contributed by atoms with Crippen LogP contribution in [0.5, 0.6) is 0 Å². The van der Waals surface area contributed by atoms with E-state index in [0.29, 0.717) is 11.2 Å². The Labute approximate surface area is 130 Å². The van der Waals surface area contributed by atoms with Crippen molar-refractivity contribution in [3.63, 3.8) is 0 Å². The summed E-state index contributed by atoms with van der Waals surface area (Å²) in [5.41, 5.74) is 1.91. The number of anilines is 1. The van der Waals surface area contributed by atoms with E-state index in [4.69, 9.17) is 4.42 Å². The molecule has 4 aromatic rings. The summed E-state index contributed by atoms with van der Waals surface area (Å²) in [5.74, 6) is -0.625. The summed E-state index contributed by atoms with van der Waals surface area (Å²) in [5, 5.41) is 0.989. The van der Waals surface area contributed by atoms with Gasteiger partial charge in [-0.3, -0.25) is 9.71 Å². The molecule has 0 aliphatic rings.